The van der Waals surface area contributed by atoms with Gasteiger partial charge >= 0.3 is 6.18 Å². The van der Waals surface area contributed by atoms with Crippen LogP contribution in [0.15, 0.2) is 114 Å². The van der Waals surface area contributed by atoms with Crippen molar-refractivity contribution in [1.82, 2.24) is 5.32 Å². The van der Waals surface area contributed by atoms with Crippen LogP contribution in [-0.4, -0.2) is 27.9 Å². The summed E-state index contributed by atoms with van der Waals surface area (Å²) in [5.41, 5.74) is 0.0218. The molecule has 0 aliphatic rings. The number of nitro benzene ring substituents is 1. The van der Waals surface area contributed by atoms with Crippen molar-refractivity contribution in [3.8, 4) is 0 Å². The highest BCUT2D eigenvalue weighted by Crippen LogP contribution is 2.31. The Morgan fingerprint density at radius 3 is 2.13 bits per heavy atom. The Balaban J connectivity index is 1.43. The van der Waals surface area contributed by atoms with Gasteiger partial charge in [-0.3, -0.25) is 24.5 Å². The zero-order valence-corrected chi connectivity index (χ0v) is 24.3. The summed E-state index contributed by atoms with van der Waals surface area (Å²) in [6.45, 7) is 1.61. The summed E-state index contributed by atoms with van der Waals surface area (Å²) in [6, 6.07) is 24.5. The Labute approximate surface area is 259 Å². The summed E-state index contributed by atoms with van der Waals surface area (Å²) in [6.07, 6.45) is -3.15. The van der Waals surface area contributed by atoms with Crippen LogP contribution in [0.5, 0.6) is 0 Å². The Bertz CT molecular complexity index is 1730. The second-order valence-electron chi connectivity index (χ2n) is 9.53. The van der Waals surface area contributed by atoms with Gasteiger partial charge in [-0.1, -0.05) is 24.3 Å². The Morgan fingerprint density at radius 1 is 0.844 bits per heavy atom. The summed E-state index contributed by atoms with van der Waals surface area (Å²) < 4.78 is 39.0. The number of nitrogens with one attached hydrogen (secondary N) is 3. The van der Waals surface area contributed by atoms with E-state index in [0.29, 0.717) is 21.7 Å². The molecule has 0 aliphatic carbocycles. The molecular weight excluding hydrogens is 609 g/mol. The van der Waals surface area contributed by atoms with Crippen LogP contribution >= 0.6 is 11.8 Å². The van der Waals surface area contributed by atoms with E-state index in [1.54, 1.807) is 61.5 Å². The molecule has 0 spiro atoms. The standard InChI is InChI=1S/C32H25F3N4O5S/c1-20(29(40)37-25-9-5-8-23(19-25)32(33,34)35)45-27-16-12-24(13-17-27)36-31(42)28(38-30(41)22-6-3-2-4-7-22)18-21-10-14-26(15-11-21)39(43)44/h2-20H,1H3,(H,36,42)(H,37,40)(H,38,41)/b28-18-. The molecule has 1 atom stereocenters. The van der Waals surface area contributed by atoms with Crippen LogP contribution < -0.4 is 16.0 Å². The summed E-state index contributed by atoms with van der Waals surface area (Å²) in [4.78, 5) is 49.8. The van der Waals surface area contributed by atoms with Gasteiger partial charge in [-0.25, -0.2) is 0 Å². The quantitative estimate of drug-likeness (QED) is 0.0736. The number of nitro groups is 1. The molecule has 1 unspecified atom stereocenters. The SMILES string of the molecule is CC(Sc1ccc(NC(=O)/C(=C/c2ccc([N+](=O)[O-])cc2)NC(=O)c2ccccc2)cc1)C(=O)Nc1cccc(C(F)(F)F)c1. The molecule has 0 aromatic heterocycles. The number of alkyl halides is 3. The van der Waals surface area contributed by atoms with E-state index in [4.69, 9.17) is 0 Å². The van der Waals surface area contributed by atoms with Gasteiger partial charge in [-0.15, -0.1) is 11.8 Å². The third-order valence-corrected chi connectivity index (χ3v) is 7.31. The highest BCUT2D eigenvalue weighted by Gasteiger charge is 2.30. The first-order valence-corrected chi connectivity index (χ1v) is 14.2. The topological polar surface area (TPSA) is 130 Å². The highest BCUT2D eigenvalue weighted by atomic mass is 32.2. The predicted octanol–water partition coefficient (Wildman–Crippen LogP) is 7.14. The monoisotopic (exact) mass is 634 g/mol. The van der Waals surface area contributed by atoms with Crippen LogP contribution in [0.4, 0.5) is 30.2 Å². The van der Waals surface area contributed by atoms with Crippen molar-refractivity contribution in [3.63, 3.8) is 0 Å². The lowest BCUT2D eigenvalue weighted by molar-refractivity contribution is -0.384. The van der Waals surface area contributed by atoms with Crippen molar-refractivity contribution in [2.45, 2.75) is 23.2 Å². The molecule has 9 nitrogen and oxygen atoms in total. The number of thioether (sulfide) groups is 1. The van der Waals surface area contributed by atoms with Gasteiger partial charge in [0.25, 0.3) is 17.5 Å². The van der Waals surface area contributed by atoms with Crippen LogP contribution in [0.2, 0.25) is 0 Å². The molecule has 0 heterocycles. The van der Waals surface area contributed by atoms with Gasteiger partial charge in [0.2, 0.25) is 5.91 Å². The molecule has 0 bridgehead atoms. The fraction of sp³-hybridized carbons (Fsp3) is 0.0938. The highest BCUT2D eigenvalue weighted by molar-refractivity contribution is 8.00. The van der Waals surface area contributed by atoms with Gasteiger partial charge in [0, 0.05) is 34.0 Å². The zero-order chi connectivity index (χ0) is 32.6. The third-order valence-electron chi connectivity index (χ3n) is 6.20. The van der Waals surface area contributed by atoms with Gasteiger partial charge in [-0.2, -0.15) is 13.2 Å². The number of rotatable bonds is 10. The number of hydrogen-bond donors (Lipinski definition) is 3. The van der Waals surface area contributed by atoms with Crippen molar-refractivity contribution in [2.75, 3.05) is 10.6 Å². The molecule has 4 aromatic rings. The predicted molar refractivity (Wildman–Crippen MR) is 165 cm³/mol. The maximum Gasteiger partial charge on any atom is 0.416 e. The molecule has 3 amide bonds. The van der Waals surface area contributed by atoms with Crippen LogP contribution in [0.1, 0.15) is 28.4 Å². The number of halogens is 3. The lowest BCUT2D eigenvalue weighted by Gasteiger charge is -2.14. The minimum atomic E-state index is -4.53. The van der Waals surface area contributed by atoms with E-state index in [1.165, 1.54) is 42.5 Å². The summed E-state index contributed by atoms with van der Waals surface area (Å²) >= 11 is 1.16. The van der Waals surface area contributed by atoms with Crippen molar-refractivity contribution in [2.24, 2.45) is 0 Å². The van der Waals surface area contributed by atoms with Crippen molar-refractivity contribution >= 4 is 52.6 Å². The average molecular weight is 635 g/mol. The van der Waals surface area contributed by atoms with E-state index in [1.807, 2.05) is 0 Å². The number of non-ortho nitro benzene ring substituents is 1. The average Bonchev–Trinajstić information content (AvgIpc) is 3.02. The van der Waals surface area contributed by atoms with E-state index < -0.39 is 39.6 Å². The van der Waals surface area contributed by atoms with E-state index in [2.05, 4.69) is 16.0 Å². The molecule has 3 N–H and O–H groups in total. The summed E-state index contributed by atoms with van der Waals surface area (Å²) in [5, 5.41) is 18.1. The van der Waals surface area contributed by atoms with Crippen LogP contribution in [0.25, 0.3) is 6.08 Å². The molecule has 45 heavy (non-hydrogen) atoms. The zero-order valence-electron chi connectivity index (χ0n) is 23.5. The number of carbonyl (C=O) groups excluding carboxylic acids is 3. The maximum atomic E-state index is 13.2. The Morgan fingerprint density at radius 2 is 1.51 bits per heavy atom. The fourth-order valence-electron chi connectivity index (χ4n) is 3.89. The first-order valence-electron chi connectivity index (χ1n) is 13.3. The Kier molecular flexibility index (Phi) is 10.4. The lowest BCUT2D eigenvalue weighted by Crippen LogP contribution is -2.30. The molecule has 4 rings (SSSR count). The van der Waals surface area contributed by atoms with Crippen LogP contribution in [0.3, 0.4) is 0 Å². The molecule has 0 radical (unpaired) electrons. The number of benzene rings is 4. The molecule has 13 heteroatoms. The van der Waals surface area contributed by atoms with Crippen molar-refractivity contribution in [3.05, 3.63) is 136 Å². The van der Waals surface area contributed by atoms with Gasteiger partial charge in [0.1, 0.15) is 5.70 Å². The molecule has 0 fully saturated rings. The largest absolute Gasteiger partial charge is 0.416 e. The minimum absolute atomic E-state index is 0.0253. The van der Waals surface area contributed by atoms with Crippen LogP contribution in [-0.2, 0) is 15.8 Å². The number of anilines is 2. The second kappa shape index (κ2) is 14.4. The second-order valence-corrected chi connectivity index (χ2v) is 10.9. The molecule has 0 saturated carbocycles. The summed E-state index contributed by atoms with van der Waals surface area (Å²) in [7, 11) is 0. The number of amides is 3. The van der Waals surface area contributed by atoms with Gasteiger partial charge in [0.05, 0.1) is 15.7 Å². The van der Waals surface area contributed by atoms with Crippen molar-refractivity contribution in [1.29, 1.82) is 0 Å². The summed E-state index contributed by atoms with van der Waals surface area (Å²) in [5.74, 6) is -1.69. The smallest absolute Gasteiger partial charge is 0.325 e. The number of nitrogens with zero attached hydrogens (tertiary/aromatic N) is 1. The molecular formula is C32H25F3N4O5S. The van der Waals surface area contributed by atoms with E-state index >= 15 is 0 Å². The molecule has 0 saturated heterocycles. The van der Waals surface area contributed by atoms with Gasteiger partial charge in [0.15, 0.2) is 0 Å². The van der Waals surface area contributed by atoms with Gasteiger partial charge in [-0.05, 0) is 85.3 Å². The van der Waals surface area contributed by atoms with E-state index in [9.17, 15) is 37.7 Å². The number of hydrogen-bond acceptors (Lipinski definition) is 6. The number of carbonyl (C=O) groups is 3. The van der Waals surface area contributed by atoms with Gasteiger partial charge < -0.3 is 16.0 Å². The van der Waals surface area contributed by atoms with Crippen molar-refractivity contribution < 1.29 is 32.5 Å². The molecule has 230 valence electrons. The lowest BCUT2D eigenvalue weighted by atomic mass is 10.1. The van der Waals surface area contributed by atoms with E-state index in [-0.39, 0.29) is 17.1 Å². The third kappa shape index (κ3) is 9.28. The van der Waals surface area contributed by atoms with E-state index in [0.717, 1.165) is 23.9 Å². The fourth-order valence-corrected chi connectivity index (χ4v) is 4.76. The minimum Gasteiger partial charge on any atom is -0.325 e. The molecule has 4 aromatic carbocycles. The molecule has 0 aliphatic heterocycles. The Hall–Kier alpha value is -5.43. The first-order chi connectivity index (χ1) is 21.4. The normalized spacial score (nSPS) is 12.1. The maximum absolute atomic E-state index is 13.2. The first kappa shape index (κ1) is 32.5. The van der Waals surface area contributed by atoms with Crippen LogP contribution in [0, 0.1) is 10.1 Å².